The normalized spacial score (nSPS) is 9.38. The lowest BCUT2D eigenvalue weighted by molar-refractivity contribution is -0.122. The first-order chi connectivity index (χ1) is 12.4. The minimum Gasteiger partial charge on any atom is -0.497 e. The predicted molar refractivity (Wildman–Crippen MR) is 149 cm³/mol. The molecule has 0 aliphatic rings. The van der Waals surface area contributed by atoms with Crippen molar-refractivity contribution in [2.75, 3.05) is 7.11 Å². The Morgan fingerprint density at radius 1 is 0.938 bits per heavy atom. The summed E-state index contributed by atoms with van der Waals surface area (Å²) in [4.78, 5) is 21.8. The maximum atomic E-state index is 11.3. The van der Waals surface area contributed by atoms with E-state index in [0.29, 0.717) is 12.8 Å². The van der Waals surface area contributed by atoms with Crippen LogP contribution in [0, 0.1) is 0 Å². The average molecular weight is 517 g/mol. The third kappa shape index (κ3) is 23.5. The Morgan fingerprint density at radius 3 is 1.66 bits per heavy atom. The van der Waals surface area contributed by atoms with Gasteiger partial charge in [0.1, 0.15) is 5.75 Å². The number of carbonyl (C=O) groups is 2. The molecule has 1 aromatic carbocycles. The lowest BCUT2D eigenvalue weighted by Gasteiger charge is -2.22. The van der Waals surface area contributed by atoms with Crippen LogP contribution in [0.25, 0.3) is 0 Å². The zero-order valence-corrected chi connectivity index (χ0v) is 19.6. The third-order valence-electron chi connectivity index (χ3n) is 3.29. The largest absolute Gasteiger partial charge is 0.497 e. The Hall–Kier alpha value is -1.13. The molecule has 2 amide bonds. The van der Waals surface area contributed by atoms with Crippen LogP contribution in [-0.2, 0) is 15.3 Å². The number of nitrogens with two attached hydrogens (primary N) is 2. The summed E-state index contributed by atoms with van der Waals surface area (Å²) in [6, 6.07) is 7.95. The summed E-state index contributed by atoms with van der Waals surface area (Å²) < 4.78 is 4.70. The van der Waals surface area contributed by atoms with Crippen LogP contribution in [-0.4, -0.2) is 28.4 Å². The first kappa shape index (κ1) is 44.5. The van der Waals surface area contributed by atoms with Gasteiger partial charge in [-0.1, -0.05) is 69.5 Å². The highest BCUT2D eigenvalue weighted by Crippen LogP contribution is 2.31. The second kappa shape index (κ2) is 21.7. The number of hydrazine groups is 2. The van der Waals surface area contributed by atoms with E-state index in [1.54, 1.807) is 18.9 Å². The molecule has 0 aliphatic carbocycles. The molecular weight excluding hydrogens is 468 g/mol. The number of thiol groups is 1. The van der Waals surface area contributed by atoms with Crippen molar-refractivity contribution in [2.24, 2.45) is 11.7 Å². The third-order valence-corrected chi connectivity index (χ3v) is 4.85. The van der Waals surface area contributed by atoms with Crippen molar-refractivity contribution in [2.45, 2.75) is 85.5 Å². The molecule has 32 heavy (non-hydrogen) atoms. The first-order valence-electron chi connectivity index (χ1n) is 8.40. The van der Waals surface area contributed by atoms with E-state index in [2.05, 4.69) is 18.1 Å². The van der Waals surface area contributed by atoms with E-state index in [0.717, 1.165) is 11.5 Å². The van der Waals surface area contributed by atoms with Gasteiger partial charge in [-0.3, -0.25) is 20.4 Å². The molecule has 0 bridgehead atoms. The number of carbonyl (C=O) groups excluding carboxylic acids is 2. The number of methoxy groups -OCH3 is 1. The Bertz CT molecular complexity index is 596. The first-order valence-corrected chi connectivity index (χ1v) is 9.84. The summed E-state index contributed by atoms with van der Waals surface area (Å²) in [5.74, 6) is 11.3. The van der Waals surface area contributed by atoms with E-state index in [-0.39, 0.29) is 63.4 Å². The van der Waals surface area contributed by atoms with Gasteiger partial charge < -0.3 is 4.74 Å². The van der Waals surface area contributed by atoms with Crippen molar-refractivity contribution >= 4 is 48.6 Å². The van der Waals surface area contributed by atoms with E-state index < -0.39 is 0 Å². The van der Waals surface area contributed by atoms with Crippen LogP contribution >= 0.6 is 36.8 Å². The fourth-order valence-corrected chi connectivity index (χ4v) is 3.06. The number of hydrogen-bond donors (Lipinski definition) is 5. The smallest absolute Gasteiger partial charge is 0.235 e. The minimum absolute atomic E-state index is 0. The molecule has 0 fully saturated rings. The van der Waals surface area contributed by atoms with Gasteiger partial charge in [0.05, 0.1) is 7.11 Å². The fraction of sp³-hybridized carbons (Fsp3) is 0.636. The number of amides is 2. The van der Waals surface area contributed by atoms with Crippen LogP contribution < -0.4 is 27.3 Å². The lowest BCUT2D eigenvalue weighted by atomic mass is 10.1. The highest BCUT2D eigenvalue weighted by Gasteiger charge is 2.22. The summed E-state index contributed by atoms with van der Waals surface area (Å²) in [5.41, 5.74) is 5.41. The number of thioether (sulfide) groups is 1. The van der Waals surface area contributed by atoms with E-state index in [9.17, 15) is 9.59 Å². The fourth-order valence-electron chi connectivity index (χ4n) is 1.93. The van der Waals surface area contributed by atoms with Crippen LogP contribution in [0.2, 0.25) is 0 Å². The quantitative estimate of drug-likeness (QED) is 0.141. The topological polar surface area (TPSA) is 119 Å². The highest BCUT2D eigenvalue weighted by molar-refractivity contribution is 7.99. The Morgan fingerprint density at radius 2 is 1.34 bits per heavy atom. The van der Waals surface area contributed by atoms with Crippen molar-refractivity contribution in [3.05, 3.63) is 29.8 Å². The number of halogens is 1. The lowest BCUT2D eigenvalue weighted by Crippen LogP contribution is -2.35. The molecule has 0 spiro atoms. The number of ether oxygens (including phenoxy) is 1. The van der Waals surface area contributed by atoms with Gasteiger partial charge in [0, 0.05) is 28.1 Å². The van der Waals surface area contributed by atoms with E-state index in [1.165, 1.54) is 5.56 Å². The van der Waals surface area contributed by atoms with Crippen molar-refractivity contribution in [3.8, 4) is 5.75 Å². The maximum absolute atomic E-state index is 11.3. The summed E-state index contributed by atoms with van der Waals surface area (Å²) in [6.45, 7) is 7.78. The average Bonchev–Trinajstić information content (AvgIpc) is 2.59. The van der Waals surface area contributed by atoms with Crippen molar-refractivity contribution in [3.63, 3.8) is 0 Å². The van der Waals surface area contributed by atoms with Crippen molar-refractivity contribution in [1.29, 1.82) is 0 Å². The molecule has 0 unspecified atom stereocenters. The predicted octanol–water partition coefficient (Wildman–Crippen LogP) is 5.13. The van der Waals surface area contributed by atoms with Gasteiger partial charge in [-0.25, -0.2) is 11.7 Å². The maximum Gasteiger partial charge on any atom is 0.235 e. The van der Waals surface area contributed by atoms with Crippen LogP contribution in [0.4, 0.5) is 0 Å². The number of nitrogens with one attached hydrogen (secondary N) is 2. The molecule has 10 heteroatoms. The Balaban J connectivity index is -0.000000106. The van der Waals surface area contributed by atoms with Gasteiger partial charge in [0.25, 0.3) is 0 Å². The van der Waals surface area contributed by atoms with Crippen molar-refractivity contribution < 1.29 is 14.3 Å². The van der Waals surface area contributed by atoms with Gasteiger partial charge in [-0.05, 0) is 17.7 Å². The Kier molecular flexibility index (Phi) is 30.2. The van der Waals surface area contributed by atoms with Crippen LogP contribution in [0.3, 0.4) is 0 Å². The molecule has 1 aromatic rings. The monoisotopic (exact) mass is 516 g/mol. The minimum atomic E-state index is -0.274. The molecule has 0 atom stereocenters. The molecule has 0 heterocycles. The highest BCUT2D eigenvalue weighted by atomic mass is 35.5. The number of benzene rings is 1. The van der Waals surface area contributed by atoms with Crippen molar-refractivity contribution in [1.82, 2.24) is 10.9 Å². The summed E-state index contributed by atoms with van der Waals surface area (Å²) in [5, 5.41) is 0. The van der Waals surface area contributed by atoms with Gasteiger partial charge in [-0.2, -0.15) is 24.4 Å². The molecular formula is C22H49ClN4O3S2. The zero-order valence-electron chi connectivity index (χ0n) is 17.1. The Labute approximate surface area is 213 Å². The van der Waals surface area contributed by atoms with Gasteiger partial charge in [0.2, 0.25) is 11.8 Å². The second-order valence-electron chi connectivity index (χ2n) is 7.20. The van der Waals surface area contributed by atoms with Gasteiger partial charge >= 0.3 is 0 Å². The molecule has 6 N–H and O–H groups in total. The zero-order chi connectivity index (χ0) is 21.1. The molecule has 0 saturated heterocycles. The molecule has 7 nitrogen and oxygen atoms in total. The second-order valence-corrected chi connectivity index (χ2v) is 10.1. The molecule has 1 rings (SSSR count). The molecule has 0 radical (unpaired) electrons. The standard InChI is InChI=1S/C13H20N2O2S.C5H12N2OS.4CH4.ClH/c1-13(2,8-12(16)15-14)18-9-10-4-6-11(17-3)7-5-10;1-5(2,9)3-4(8)7-6;;;;;/h4-7H,8-9,14H2,1-3H3,(H,15,16);9H,3,6H2,1-2H3,(H,7,8);4*1H4;1H. The molecule has 194 valence electrons. The molecule has 0 aliphatic heterocycles. The SMILES string of the molecule is C.C.C.C.CC(C)(S)CC(=O)NN.COc1ccc(CSC(C)(C)CC(=O)NN)cc1.Cl. The number of hydrogen-bond acceptors (Lipinski definition) is 7. The van der Waals surface area contributed by atoms with Gasteiger partial charge in [-0.15, -0.1) is 12.4 Å². The van der Waals surface area contributed by atoms with Crippen LogP contribution in [0.1, 0.15) is 75.8 Å². The number of rotatable bonds is 8. The van der Waals surface area contributed by atoms with E-state index >= 15 is 0 Å². The summed E-state index contributed by atoms with van der Waals surface area (Å²) >= 11 is 5.86. The van der Waals surface area contributed by atoms with E-state index in [1.807, 2.05) is 57.4 Å². The summed E-state index contributed by atoms with van der Waals surface area (Å²) in [7, 11) is 1.65. The van der Waals surface area contributed by atoms with Crippen LogP contribution in [0.15, 0.2) is 24.3 Å². The van der Waals surface area contributed by atoms with E-state index in [4.69, 9.17) is 16.4 Å². The molecule has 0 aromatic heterocycles. The van der Waals surface area contributed by atoms with Gasteiger partial charge in [0.15, 0.2) is 0 Å². The van der Waals surface area contributed by atoms with Crippen LogP contribution in [0.5, 0.6) is 5.75 Å². The summed E-state index contributed by atoms with van der Waals surface area (Å²) in [6.07, 6.45) is 0.747. The molecule has 0 saturated carbocycles.